The van der Waals surface area contributed by atoms with E-state index in [0.29, 0.717) is 22.8 Å². The van der Waals surface area contributed by atoms with Gasteiger partial charge in [-0.3, -0.25) is 10.1 Å². The number of pyridine rings is 1. The van der Waals surface area contributed by atoms with Crippen molar-refractivity contribution in [2.45, 2.75) is 0 Å². The highest BCUT2D eigenvalue weighted by molar-refractivity contribution is 6.07. The maximum Gasteiger partial charge on any atom is 0.261 e. The average molecular weight is 310 g/mol. The zero-order valence-corrected chi connectivity index (χ0v) is 12.3. The fourth-order valence-electron chi connectivity index (χ4n) is 2.00. The highest BCUT2D eigenvalue weighted by atomic mass is 16.5. The van der Waals surface area contributed by atoms with Crippen LogP contribution in [0.25, 0.3) is 0 Å². The number of para-hydroxylation sites is 2. The normalized spacial score (nSPS) is 10.1. The summed E-state index contributed by atoms with van der Waals surface area (Å²) in [5, 5.41) is 12.0. The predicted molar refractivity (Wildman–Crippen MR) is 84.8 cm³/mol. The molecular formula is C15H14N6O2. The first-order valence-corrected chi connectivity index (χ1v) is 6.79. The van der Waals surface area contributed by atoms with Crippen LogP contribution in [0.3, 0.4) is 0 Å². The van der Waals surface area contributed by atoms with Crippen LogP contribution >= 0.6 is 0 Å². The molecular weight excluding hydrogens is 296 g/mol. The van der Waals surface area contributed by atoms with Crippen LogP contribution in [0.2, 0.25) is 0 Å². The lowest BCUT2D eigenvalue weighted by molar-refractivity contribution is 0.102. The van der Waals surface area contributed by atoms with Gasteiger partial charge in [-0.15, -0.1) is 0 Å². The van der Waals surface area contributed by atoms with Gasteiger partial charge in [-0.05, 0) is 24.3 Å². The number of hydrogen-bond acceptors (Lipinski definition) is 6. The number of methoxy groups -OCH3 is 1. The number of carbonyl (C=O) groups is 1. The topological polar surface area (TPSA) is 105 Å². The number of aromatic nitrogens is 4. The van der Waals surface area contributed by atoms with Gasteiger partial charge in [-0.25, -0.2) is 10.1 Å². The van der Waals surface area contributed by atoms with Gasteiger partial charge in [0.15, 0.2) is 0 Å². The molecule has 3 N–H and O–H groups in total. The molecule has 0 aliphatic rings. The SMILES string of the molecule is COc1ccccc1Nc1ncccc1C(=O)Nc1ncn[nH]1. The summed E-state index contributed by atoms with van der Waals surface area (Å²) in [6.07, 6.45) is 2.91. The molecule has 8 nitrogen and oxygen atoms in total. The average Bonchev–Trinajstić information content (AvgIpc) is 3.09. The van der Waals surface area contributed by atoms with E-state index >= 15 is 0 Å². The van der Waals surface area contributed by atoms with Crippen molar-refractivity contribution in [3.63, 3.8) is 0 Å². The molecule has 1 aromatic carbocycles. The zero-order chi connectivity index (χ0) is 16.1. The molecule has 0 fully saturated rings. The monoisotopic (exact) mass is 310 g/mol. The molecule has 0 radical (unpaired) electrons. The van der Waals surface area contributed by atoms with Crippen LogP contribution in [-0.2, 0) is 0 Å². The Bertz CT molecular complexity index is 803. The van der Waals surface area contributed by atoms with Crippen molar-refractivity contribution < 1.29 is 9.53 Å². The van der Waals surface area contributed by atoms with E-state index in [4.69, 9.17) is 4.74 Å². The number of nitrogens with one attached hydrogen (secondary N) is 3. The van der Waals surface area contributed by atoms with E-state index in [1.807, 2.05) is 24.3 Å². The smallest absolute Gasteiger partial charge is 0.261 e. The minimum atomic E-state index is -0.354. The van der Waals surface area contributed by atoms with Gasteiger partial charge in [-0.1, -0.05) is 12.1 Å². The van der Waals surface area contributed by atoms with Crippen molar-refractivity contribution in [2.75, 3.05) is 17.7 Å². The molecule has 8 heteroatoms. The molecule has 2 aromatic heterocycles. The first-order valence-electron chi connectivity index (χ1n) is 6.79. The Labute approximate surface area is 131 Å². The standard InChI is InChI=1S/C15H14N6O2/c1-23-12-7-3-2-6-11(12)19-13-10(5-4-8-16-13)14(22)20-15-17-9-18-21-15/h2-9H,1H3,(H,16,19)(H2,17,18,20,21,22). The van der Waals surface area contributed by atoms with Crippen LogP contribution in [0.15, 0.2) is 48.9 Å². The van der Waals surface area contributed by atoms with Gasteiger partial charge in [0.2, 0.25) is 5.95 Å². The summed E-state index contributed by atoms with van der Waals surface area (Å²) in [7, 11) is 1.58. The molecule has 0 saturated carbocycles. The molecule has 23 heavy (non-hydrogen) atoms. The number of ether oxygens (including phenoxy) is 1. The number of nitrogens with zero attached hydrogens (tertiary/aromatic N) is 3. The Hall–Kier alpha value is -3.42. The van der Waals surface area contributed by atoms with Crippen molar-refractivity contribution in [1.29, 1.82) is 0 Å². The second-order valence-corrected chi connectivity index (χ2v) is 4.51. The fourth-order valence-corrected chi connectivity index (χ4v) is 2.00. The maximum absolute atomic E-state index is 12.4. The molecule has 116 valence electrons. The summed E-state index contributed by atoms with van der Waals surface area (Å²) >= 11 is 0. The molecule has 0 bridgehead atoms. The van der Waals surface area contributed by atoms with Crippen LogP contribution < -0.4 is 15.4 Å². The van der Waals surface area contributed by atoms with Crippen molar-refractivity contribution in [3.8, 4) is 5.75 Å². The molecule has 0 aliphatic heterocycles. The third-order valence-electron chi connectivity index (χ3n) is 3.06. The molecule has 3 aromatic rings. The van der Waals surface area contributed by atoms with Crippen molar-refractivity contribution in [3.05, 3.63) is 54.5 Å². The Morgan fingerprint density at radius 1 is 1.17 bits per heavy atom. The number of amides is 1. The first kappa shape index (κ1) is 14.5. The lowest BCUT2D eigenvalue weighted by Gasteiger charge is -2.12. The van der Waals surface area contributed by atoms with Gasteiger partial charge in [-0.2, -0.15) is 10.1 Å². The lowest BCUT2D eigenvalue weighted by Crippen LogP contribution is -2.15. The van der Waals surface area contributed by atoms with Crippen LogP contribution in [-0.4, -0.2) is 33.2 Å². The number of H-pyrrole nitrogens is 1. The van der Waals surface area contributed by atoms with Gasteiger partial charge in [0, 0.05) is 6.20 Å². The first-order chi connectivity index (χ1) is 11.3. The van der Waals surface area contributed by atoms with Gasteiger partial charge >= 0.3 is 0 Å². The van der Waals surface area contributed by atoms with Crippen LogP contribution in [0, 0.1) is 0 Å². The minimum Gasteiger partial charge on any atom is -0.495 e. The lowest BCUT2D eigenvalue weighted by atomic mass is 10.2. The van der Waals surface area contributed by atoms with Gasteiger partial charge < -0.3 is 10.1 Å². The molecule has 0 atom stereocenters. The third-order valence-corrected chi connectivity index (χ3v) is 3.06. The van der Waals surface area contributed by atoms with Crippen LogP contribution in [0.5, 0.6) is 5.75 Å². The Kier molecular flexibility index (Phi) is 4.14. The van der Waals surface area contributed by atoms with Gasteiger partial charge in [0.25, 0.3) is 5.91 Å². The summed E-state index contributed by atoms with van der Waals surface area (Å²) in [4.78, 5) is 20.5. The maximum atomic E-state index is 12.4. The molecule has 3 rings (SSSR count). The minimum absolute atomic E-state index is 0.266. The molecule has 2 heterocycles. The van der Waals surface area contributed by atoms with Crippen molar-refractivity contribution in [2.24, 2.45) is 0 Å². The second-order valence-electron chi connectivity index (χ2n) is 4.51. The number of aromatic amines is 1. The Morgan fingerprint density at radius 2 is 2.04 bits per heavy atom. The van der Waals surface area contributed by atoms with Crippen molar-refractivity contribution in [1.82, 2.24) is 20.2 Å². The summed E-state index contributed by atoms with van der Waals surface area (Å²) in [5.41, 5.74) is 1.08. The fraction of sp³-hybridized carbons (Fsp3) is 0.0667. The van der Waals surface area contributed by atoms with E-state index in [0.717, 1.165) is 0 Å². The second kappa shape index (κ2) is 6.56. The van der Waals surface area contributed by atoms with E-state index < -0.39 is 0 Å². The number of rotatable bonds is 5. The summed E-state index contributed by atoms with van der Waals surface area (Å²) in [6.45, 7) is 0. The Balaban J connectivity index is 1.87. The zero-order valence-electron chi connectivity index (χ0n) is 12.3. The number of anilines is 3. The summed E-state index contributed by atoms with van der Waals surface area (Å²) in [5.74, 6) is 0.975. The summed E-state index contributed by atoms with van der Waals surface area (Å²) < 4.78 is 5.29. The van der Waals surface area contributed by atoms with E-state index in [-0.39, 0.29) is 11.9 Å². The number of carbonyl (C=O) groups excluding carboxylic acids is 1. The molecule has 0 spiro atoms. The van der Waals surface area contributed by atoms with Crippen molar-refractivity contribution >= 4 is 23.4 Å². The number of benzene rings is 1. The Morgan fingerprint density at radius 3 is 2.83 bits per heavy atom. The largest absolute Gasteiger partial charge is 0.495 e. The van der Waals surface area contributed by atoms with Crippen LogP contribution in [0.4, 0.5) is 17.5 Å². The third kappa shape index (κ3) is 3.26. The van der Waals surface area contributed by atoms with E-state index in [1.165, 1.54) is 6.33 Å². The van der Waals surface area contributed by atoms with E-state index in [1.54, 1.807) is 25.4 Å². The summed E-state index contributed by atoms with van der Waals surface area (Å²) in [6, 6.07) is 10.7. The molecule has 0 unspecified atom stereocenters. The van der Waals surface area contributed by atoms with Gasteiger partial charge in [0.05, 0.1) is 18.4 Å². The molecule has 0 aliphatic carbocycles. The number of hydrogen-bond donors (Lipinski definition) is 3. The highest BCUT2D eigenvalue weighted by Crippen LogP contribution is 2.27. The molecule has 0 saturated heterocycles. The van der Waals surface area contributed by atoms with Crippen LogP contribution in [0.1, 0.15) is 10.4 Å². The quantitative estimate of drug-likeness (QED) is 0.667. The molecule has 1 amide bonds. The predicted octanol–water partition coefficient (Wildman–Crippen LogP) is 2.20. The van der Waals surface area contributed by atoms with E-state index in [2.05, 4.69) is 30.8 Å². The van der Waals surface area contributed by atoms with E-state index in [9.17, 15) is 4.79 Å². The van der Waals surface area contributed by atoms with Gasteiger partial charge in [0.1, 0.15) is 17.9 Å². The highest BCUT2D eigenvalue weighted by Gasteiger charge is 2.14.